The van der Waals surface area contributed by atoms with Crippen LogP contribution in [0, 0.1) is 12.7 Å². The molecule has 0 bridgehead atoms. The Morgan fingerprint density at radius 3 is 2.16 bits per heavy atom. The van der Waals surface area contributed by atoms with Gasteiger partial charge in [-0.05, 0) is 53.3 Å². The average Bonchev–Trinajstić information content (AvgIpc) is 3.08. The van der Waals surface area contributed by atoms with E-state index >= 15 is 0 Å². The summed E-state index contributed by atoms with van der Waals surface area (Å²) in [7, 11) is 0. The molecule has 1 aliphatic carbocycles. The summed E-state index contributed by atoms with van der Waals surface area (Å²) in [6.07, 6.45) is -0.882. The summed E-state index contributed by atoms with van der Waals surface area (Å²) in [4.78, 5) is 24.5. The van der Waals surface area contributed by atoms with Crippen LogP contribution in [-0.4, -0.2) is 23.8 Å². The summed E-state index contributed by atoms with van der Waals surface area (Å²) in [6, 6.07) is 19.9. The minimum Gasteiger partial charge on any atom is -0.479 e. The van der Waals surface area contributed by atoms with Gasteiger partial charge in [0.1, 0.15) is 12.4 Å². The topological polar surface area (TPSA) is 75.6 Å². The van der Waals surface area contributed by atoms with E-state index in [9.17, 15) is 19.1 Å². The Labute approximate surface area is 179 Å². The maximum Gasteiger partial charge on any atom is 0.408 e. The molecule has 0 spiro atoms. The standard InChI is InChI=1S/C25H22FNO4/c1-15-11-12-16(13-22(15)26)25(2,23(28)29)27-24(30)31-14-21-19-9-5-3-7-17(19)18-8-4-6-10-20(18)21/h3-13,21H,14H2,1-2H3,(H,27,30)(H,28,29). The van der Waals surface area contributed by atoms with Crippen LogP contribution in [0.15, 0.2) is 66.7 Å². The van der Waals surface area contributed by atoms with Crippen LogP contribution in [0.1, 0.15) is 35.1 Å². The van der Waals surface area contributed by atoms with Crippen LogP contribution in [0.5, 0.6) is 0 Å². The molecular weight excluding hydrogens is 397 g/mol. The first-order valence-corrected chi connectivity index (χ1v) is 9.94. The van der Waals surface area contributed by atoms with Crippen molar-refractivity contribution in [3.05, 3.63) is 94.8 Å². The van der Waals surface area contributed by atoms with E-state index in [-0.39, 0.29) is 18.1 Å². The van der Waals surface area contributed by atoms with Crippen molar-refractivity contribution >= 4 is 12.1 Å². The lowest BCUT2D eigenvalue weighted by molar-refractivity contribution is -0.144. The van der Waals surface area contributed by atoms with E-state index in [0.717, 1.165) is 28.3 Å². The number of rotatable bonds is 5. The molecule has 3 aromatic rings. The summed E-state index contributed by atoms with van der Waals surface area (Å²) in [5.41, 5.74) is 2.97. The Kier molecular flexibility index (Phi) is 5.23. The lowest BCUT2D eigenvalue weighted by Gasteiger charge is -2.27. The minimum atomic E-state index is -1.84. The van der Waals surface area contributed by atoms with Crippen LogP contribution >= 0.6 is 0 Å². The molecule has 158 valence electrons. The first kappa shape index (κ1) is 20.6. The number of ether oxygens (including phenoxy) is 1. The molecule has 0 saturated heterocycles. The number of fused-ring (bicyclic) bond motifs is 3. The number of amides is 1. The van der Waals surface area contributed by atoms with Crippen molar-refractivity contribution in [2.75, 3.05) is 6.61 Å². The van der Waals surface area contributed by atoms with Gasteiger partial charge >= 0.3 is 12.1 Å². The Bertz CT molecular complexity index is 1130. The zero-order valence-electron chi connectivity index (χ0n) is 17.2. The molecular formula is C25H22FNO4. The van der Waals surface area contributed by atoms with Crippen molar-refractivity contribution in [1.82, 2.24) is 5.32 Å². The second-order valence-corrected chi connectivity index (χ2v) is 7.84. The predicted molar refractivity (Wildman–Crippen MR) is 114 cm³/mol. The van der Waals surface area contributed by atoms with Crippen LogP contribution in [0.2, 0.25) is 0 Å². The Hall–Kier alpha value is -3.67. The number of hydrogen-bond acceptors (Lipinski definition) is 3. The van der Waals surface area contributed by atoms with Gasteiger partial charge in [0, 0.05) is 5.92 Å². The maximum atomic E-state index is 14.0. The number of carbonyl (C=O) groups is 2. The molecule has 2 N–H and O–H groups in total. The first-order valence-electron chi connectivity index (χ1n) is 9.94. The molecule has 0 heterocycles. The highest BCUT2D eigenvalue weighted by molar-refractivity contribution is 5.85. The average molecular weight is 419 g/mol. The van der Waals surface area contributed by atoms with Crippen molar-refractivity contribution in [3.8, 4) is 11.1 Å². The lowest BCUT2D eigenvalue weighted by Crippen LogP contribution is -2.50. The smallest absolute Gasteiger partial charge is 0.408 e. The maximum absolute atomic E-state index is 14.0. The number of alkyl carbamates (subject to hydrolysis) is 1. The fourth-order valence-corrected chi connectivity index (χ4v) is 3.99. The molecule has 1 unspecified atom stereocenters. The largest absolute Gasteiger partial charge is 0.479 e. The molecule has 1 amide bonds. The predicted octanol–water partition coefficient (Wildman–Crippen LogP) is 4.97. The van der Waals surface area contributed by atoms with Gasteiger partial charge < -0.3 is 15.2 Å². The number of carboxylic acid groups (broad SMARTS) is 1. The van der Waals surface area contributed by atoms with Gasteiger partial charge in [0.25, 0.3) is 0 Å². The fourth-order valence-electron chi connectivity index (χ4n) is 3.99. The number of carbonyl (C=O) groups excluding carboxylic acids is 1. The van der Waals surface area contributed by atoms with Gasteiger partial charge in [-0.2, -0.15) is 0 Å². The van der Waals surface area contributed by atoms with Gasteiger partial charge in [-0.15, -0.1) is 0 Å². The summed E-state index contributed by atoms with van der Waals surface area (Å²) < 4.78 is 19.5. The van der Waals surface area contributed by atoms with E-state index < -0.39 is 23.4 Å². The normalized spacial score (nSPS) is 14.3. The second-order valence-electron chi connectivity index (χ2n) is 7.84. The van der Waals surface area contributed by atoms with Crippen LogP contribution < -0.4 is 5.32 Å². The van der Waals surface area contributed by atoms with Crippen LogP contribution in [0.3, 0.4) is 0 Å². The van der Waals surface area contributed by atoms with Crippen molar-refractivity contribution in [1.29, 1.82) is 0 Å². The van der Waals surface area contributed by atoms with Gasteiger partial charge in [-0.1, -0.05) is 60.7 Å². The van der Waals surface area contributed by atoms with Gasteiger partial charge in [0.15, 0.2) is 5.54 Å². The number of hydrogen-bond donors (Lipinski definition) is 2. The molecule has 0 saturated carbocycles. The second kappa shape index (κ2) is 7.87. The molecule has 1 atom stereocenters. The van der Waals surface area contributed by atoms with E-state index in [1.807, 2.05) is 48.5 Å². The van der Waals surface area contributed by atoms with E-state index in [2.05, 4.69) is 5.32 Å². The van der Waals surface area contributed by atoms with Gasteiger partial charge in [-0.25, -0.2) is 14.0 Å². The third-order valence-corrected chi connectivity index (χ3v) is 5.87. The quantitative estimate of drug-likeness (QED) is 0.612. The highest BCUT2D eigenvalue weighted by Gasteiger charge is 2.38. The molecule has 6 heteroatoms. The van der Waals surface area contributed by atoms with Gasteiger partial charge in [0.05, 0.1) is 0 Å². The van der Waals surface area contributed by atoms with Crippen LogP contribution in [-0.2, 0) is 15.1 Å². The van der Waals surface area contributed by atoms with Crippen LogP contribution in [0.25, 0.3) is 11.1 Å². The number of carboxylic acids is 1. The van der Waals surface area contributed by atoms with Gasteiger partial charge in [-0.3, -0.25) is 0 Å². The zero-order valence-corrected chi connectivity index (χ0v) is 17.2. The number of nitrogens with one attached hydrogen (secondary N) is 1. The lowest BCUT2D eigenvalue weighted by atomic mass is 9.91. The summed E-state index contributed by atoms with van der Waals surface area (Å²) >= 11 is 0. The third-order valence-electron chi connectivity index (χ3n) is 5.87. The van der Waals surface area contributed by atoms with Gasteiger partial charge in [0.2, 0.25) is 0 Å². The Balaban J connectivity index is 1.53. The summed E-state index contributed by atoms with van der Waals surface area (Å²) in [5.74, 6) is -2.00. The molecule has 3 aromatic carbocycles. The molecule has 0 radical (unpaired) electrons. The molecule has 0 fully saturated rings. The van der Waals surface area contributed by atoms with E-state index in [1.165, 1.54) is 19.1 Å². The molecule has 5 nitrogen and oxygen atoms in total. The highest BCUT2D eigenvalue weighted by atomic mass is 19.1. The number of halogens is 1. The molecule has 1 aliphatic rings. The first-order chi connectivity index (χ1) is 14.8. The van der Waals surface area contributed by atoms with Crippen molar-refractivity contribution < 1.29 is 23.8 Å². The molecule has 0 aliphatic heterocycles. The van der Waals surface area contributed by atoms with Crippen molar-refractivity contribution in [2.24, 2.45) is 0 Å². The molecule has 31 heavy (non-hydrogen) atoms. The van der Waals surface area contributed by atoms with E-state index in [0.29, 0.717) is 5.56 Å². The number of benzene rings is 3. The van der Waals surface area contributed by atoms with E-state index in [1.54, 1.807) is 6.92 Å². The molecule has 4 rings (SSSR count). The summed E-state index contributed by atoms with van der Waals surface area (Å²) in [5, 5.41) is 12.1. The third kappa shape index (κ3) is 3.65. The monoisotopic (exact) mass is 419 g/mol. The number of aliphatic carboxylic acids is 1. The Morgan fingerprint density at radius 1 is 1.03 bits per heavy atom. The van der Waals surface area contributed by atoms with Crippen molar-refractivity contribution in [3.63, 3.8) is 0 Å². The van der Waals surface area contributed by atoms with Crippen LogP contribution in [0.4, 0.5) is 9.18 Å². The fraction of sp³-hybridized carbons (Fsp3) is 0.200. The summed E-state index contributed by atoms with van der Waals surface area (Å²) in [6.45, 7) is 2.94. The highest BCUT2D eigenvalue weighted by Crippen LogP contribution is 2.44. The SMILES string of the molecule is Cc1ccc(C(C)(NC(=O)OCC2c3ccccc3-c3ccccc32)C(=O)O)cc1F. The molecule has 0 aromatic heterocycles. The van der Waals surface area contributed by atoms with E-state index in [4.69, 9.17) is 4.74 Å². The number of aryl methyl sites for hydroxylation is 1. The van der Waals surface area contributed by atoms with Crippen molar-refractivity contribution in [2.45, 2.75) is 25.3 Å². The minimum absolute atomic E-state index is 0.0534. The zero-order chi connectivity index (χ0) is 22.2. The Morgan fingerprint density at radius 2 is 1.61 bits per heavy atom.